The Kier molecular flexibility index (Phi) is 2.32. The molecule has 4 nitrogen and oxygen atoms in total. The van der Waals surface area contributed by atoms with E-state index in [-0.39, 0.29) is 0 Å². The maximum absolute atomic E-state index is 5.92. The van der Waals surface area contributed by atoms with Gasteiger partial charge < -0.3 is 22.9 Å². The van der Waals surface area contributed by atoms with E-state index in [4.69, 9.17) is 22.9 Å². The second-order valence-corrected chi connectivity index (χ2v) is 3.62. The molecule has 8 N–H and O–H groups in total. The van der Waals surface area contributed by atoms with E-state index in [1.807, 2.05) is 12.1 Å². The summed E-state index contributed by atoms with van der Waals surface area (Å²) < 4.78 is 0. The van der Waals surface area contributed by atoms with Gasteiger partial charge in [-0.15, -0.1) is 0 Å². The molecule has 16 heavy (non-hydrogen) atoms. The summed E-state index contributed by atoms with van der Waals surface area (Å²) in [5.74, 6) is 0. The van der Waals surface area contributed by atoms with Crippen molar-refractivity contribution in [3.05, 3.63) is 36.4 Å². The summed E-state index contributed by atoms with van der Waals surface area (Å²) in [6.07, 6.45) is 0. The highest BCUT2D eigenvalue weighted by Gasteiger charge is 2.10. The van der Waals surface area contributed by atoms with Crippen LogP contribution in [0.1, 0.15) is 0 Å². The zero-order valence-electron chi connectivity index (χ0n) is 8.77. The van der Waals surface area contributed by atoms with Gasteiger partial charge in [-0.25, -0.2) is 0 Å². The fourth-order valence-corrected chi connectivity index (χ4v) is 1.70. The first-order valence-corrected chi connectivity index (χ1v) is 4.89. The Hall–Kier alpha value is -2.36. The van der Waals surface area contributed by atoms with Crippen LogP contribution in [0, 0.1) is 0 Å². The third kappa shape index (κ3) is 1.50. The van der Waals surface area contributed by atoms with Gasteiger partial charge in [-0.05, 0) is 18.2 Å². The summed E-state index contributed by atoms with van der Waals surface area (Å²) in [4.78, 5) is 0. The van der Waals surface area contributed by atoms with E-state index >= 15 is 0 Å². The maximum atomic E-state index is 5.92. The molecule has 0 bridgehead atoms. The zero-order valence-corrected chi connectivity index (χ0v) is 8.77. The third-order valence-electron chi connectivity index (χ3n) is 2.54. The highest BCUT2D eigenvalue weighted by Crippen LogP contribution is 2.37. The Morgan fingerprint density at radius 1 is 0.625 bits per heavy atom. The molecule has 2 aromatic carbocycles. The van der Waals surface area contributed by atoms with Gasteiger partial charge in [0, 0.05) is 22.5 Å². The molecule has 0 saturated heterocycles. The zero-order chi connectivity index (χ0) is 11.7. The molecular formula is C12H14N4. The molecule has 0 heterocycles. The standard InChI is InChI=1S/C12H14N4/c13-8-4-2-5-9(14)11(8)7-3-1-6-10(15)12(7)16/h1-6H,13-16H2. The first-order chi connectivity index (χ1) is 7.61. The molecule has 0 unspecified atom stereocenters. The summed E-state index contributed by atoms with van der Waals surface area (Å²) in [5, 5.41) is 0. The molecule has 0 saturated carbocycles. The first kappa shape index (κ1) is 10.2. The Morgan fingerprint density at radius 3 is 1.75 bits per heavy atom. The lowest BCUT2D eigenvalue weighted by molar-refractivity contribution is 1.59. The van der Waals surface area contributed by atoms with Crippen LogP contribution in [0.2, 0.25) is 0 Å². The van der Waals surface area contributed by atoms with Gasteiger partial charge in [-0.3, -0.25) is 0 Å². The van der Waals surface area contributed by atoms with E-state index in [2.05, 4.69) is 0 Å². The molecule has 0 spiro atoms. The van der Waals surface area contributed by atoms with Crippen molar-refractivity contribution in [2.45, 2.75) is 0 Å². The average Bonchev–Trinajstić information content (AvgIpc) is 2.24. The maximum Gasteiger partial charge on any atom is 0.0628 e. The normalized spacial score (nSPS) is 10.2. The number of nitrogen functional groups attached to an aromatic ring is 4. The van der Waals surface area contributed by atoms with E-state index in [1.165, 1.54) is 0 Å². The molecule has 0 atom stereocenters. The Bertz CT molecular complexity index is 514. The van der Waals surface area contributed by atoms with E-state index in [0.717, 1.165) is 11.1 Å². The van der Waals surface area contributed by atoms with E-state index in [1.54, 1.807) is 24.3 Å². The van der Waals surface area contributed by atoms with Gasteiger partial charge in [-0.2, -0.15) is 0 Å². The van der Waals surface area contributed by atoms with Crippen LogP contribution in [0.3, 0.4) is 0 Å². The Balaban J connectivity index is 2.73. The predicted octanol–water partition coefficient (Wildman–Crippen LogP) is 1.68. The second kappa shape index (κ2) is 3.66. The van der Waals surface area contributed by atoms with Crippen LogP contribution >= 0.6 is 0 Å². The highest BCUT2D eigenvalue weighted by atomic mass is 14.7. The number of nitrogens with two attached hydrogens (primary N) is 4. The molecule has 0 aliphatic heterocycles. The molecule has 4 heteroatoms. The minimum atomic E-state index is 0.507. The monoisotopic (exact) mass is 214 g/mol. The van der Waals surface area contributed by atoms with Crippen LogP contribution in [0.15, 0.2) is 36.4 Å². The topological polar surface area (TPSA) is 104 Å². The molecule has 0 radical (unpaired) electrons. The van der Waals surface area contributed by atoms with Gasteiger partial charge in [0.25, 0.3) is 0 Å². The fourth-order valence-electron chi connectivity index (χ4n) is 1.70. The van der Waals surface area contributed by atoms with Gasteiger partial charge in [-0.1, -0.05) is 18.2 Å². The molecule has 2 aromatic rings. The van der Waals surface area contributed by atoms with Crippen molar-refractivity contribution in [2.75, 3.05) is 22.9 Å². The van der Waals surface area contributed by atoms with Crippen molar-refractivity contribution in [1.29, 1.82) is 0 Å². The van der Waals surface area contributed by atoms with Gasteiger partial charge in [0.1, 0.15) is 0 Å². The number of benzene rings is 2. The van der Waals surface area contributed by atoms with Crippen molar-refractivity contribution in [3.63, 3.8) is 0 Å². The van der Waals surface area contributed by atoms with Crippen LogP contribution in [-0.2, 0) is 0 Å². The second-order valence-electron chi connectivity index (χ2n) is 3.62. The predicted molar refractivity (Wildman–Crippen MR) is 69.5 cm³/mol. The number of hydrogen-bond donors (Lipinski definition) is 4. The number of para-hydroxylation sites is 1. The lowest BCUT2D eigenvalue weighted by atomic mass is 9.99. The lowest BCUT2D eigenvalue weighted by Crippen LogP contribution is -2.01. The van der Waals surface area contributed by atoms with Gasteiger partial charge in [0.2, 0.25) is 0 Å². The van der Waals surface area contributed by atoms with E-state index in [9.17, 15) is 0 Å². The first-order valence-electron chi connectivity index (χ1n) is 4.89. The van der Waals surface area contributed by atoms with Gasteiger partial charge in [0.15, 0.2) is 0 Å². The largest absolute Gasteiger partial charge is 0.398 e. The van der Waals surface area contributed by atoms with Crippen LogP contribution < -0.4 is 22.9 Å². The van der Waals surface area contributed by atoms with Crippen molar-refractivity contribution in [3.8, 4) is 11.1 Å². The minimum Gasteiger partial charge on any atom is -0.398 e. The van der Waals surface area contributed by atoms with Crippen molar-refractivity contribution < 1.29 is 0 Å². The molecule has 82 valence electrons. The lowest BCUT2D eigenvalue weighted by Gasteiger charge is -2.12. The summed E-state index contributed by atoms with van der Waals surface area (Å²) in [6.45, 7) is 0. The summed E-state index contributed by atoms with van der Waals surface area (Å²) in [6, 6.07) is 10.8. The summed E-state index contributed by atoms with van der Waals surface area (Å²) in [7, 11) is 0. The molecule has 0 amide bonds. The van der Waals surface area contributed by atoms with Crippen molar-refractivity contribution in [1.82, 2.24) is 0 Å². The third-order valence-corrected chi connectivity index (χ3v) is 2.54. The van der Waals surface area contributed by atoms with Crippen LogP contribution in [0.5, 0.6) is 0 Å². The SMILES string of the molecule is Nc1cccc(-c2c(N)cccc2N)c1N. The smallest absolute Gasteiger partial charge is 0.0628 e. The Labute approximate surface area is 93.8 Å². The number of anilines is 4. The molecule has 0 aliphatic carbocycles. The van der Waals surface area contributed by atoms with Gasteiger partial charge in [0.05, 0.1) is 11.4 Å². The quantitative estimate of drug-likeness (QED) is 0.542. The number of hydrogen-bond acceptors (Lipinski definition) is 4. The van der Waals surface area contributed by atoms with Crippen LogP contribution in [-0.4, -0.2) is 0 Å². The van der Waals surface area contributed by atoms with Crippen molar-refractivity contribution in [2.24, 2.45) is 0 Å². The molecular weight excluding hydrogens is 200 g/mol. The fraction of sp³-hybridized carbons (Fsp3) is 0. The van der Waals surface area contributed by atoms with Crippen LogP contribution in [0.25, 0.3) is 11.1 Å². The molecule has 0 fully saturated rings. The summed E-state index contributed by atoms with van der Waals surface area (Å²) >= 11 is 0. The van der Waals surface area contributed by atoms with Crippen LogP contribution in [0.4, 0.5) is 22.7 Å². The minimum absolute atomic E-state index is 0.507. The molecule has 0 aromatic heterocycles. The Morgan fingerprint density at radius 2 is 1.12 bits per heavy atom. The average molecular weight is 214 g/mol. The highest BCUT2D eigenvalue weighted by molar-refractivity contribution is 5.95. The van der Waals surface area contributed by atoms with Crippen molar-refractivity contribution >= 4 is 22.7 Å². The molecule has 2 rings (SSSR count). The molecule has 0 aliphatic rings. The van der Waals surface area contributed by atoms with E-state index < -0.39 is 0 Å². The van der Waals surface area contributed by atoms with E-state index in [0.29, 0.717) is 22.7 Å². The summed E-state index contributed by atoms with van der Waals surface area (Å²) in [5.41, 5.74) is 27.2. The van der Waals surface area contributed by atoms with Gasteiger partial charge >= 0.3 is 0 Å². The number of rotatable bonds is 1.